The molecule has 1 aromatic rings. The van der Waals surface area contributed by atoms with Crippen LogP contribution in [0.15, 0.2) is 0 Å². The summed E-state index contributed by atoms with van der Waals surface area (Å²) in [5.74, 6) is 0. The number of anilines is 1. The number of aromatic nitrogens is 2. The van der Waals surface area contributed by atoms with Crippen molar-refractivity contribution in [3.05, 3.63) is 5.01 Å². The fraction of sp³-hybridized carbons (Fsp3) is 0.818. The van der Waals surface area contributed by atoms with Crippen molar-refractivity contribution in [2.24, 2.45) is 0 Å². The average Bonchev–Trinajstić information content (AvgIpc) is 2.68. The summed E-state index contributed by atoms with van der Waals surface area (Å²) in [5.41, 5.74) is 0. The maximum absolute atomic E-state index is 4.18. The molecule has 0 amide bonds. The molecule has 2 rings (SSSR count). The largest absolute Gasteiger partial charge is 0.348 e. The minimum absolute atomic E-state index is 0.669. The maximum Gasteiger partial charge on any atom is 0.208 e. The van der Waals surface area contributed by atoms with Crippen molar-refractivity contribution in [2.45, 2.75) is 32.2 Å². The predicted octanol–water partition coefficient (Wildman–Crippen LogP) is 1.77. The van der Waals surface area contributed by atoms with Crippen molar-refractivity contribution in [3.63, 3.8) is 0 Å². The zero-order valence-corrected chi connectivity index (χ0v) is 11.1. The molecule has 0 N–H and O–H groups in total. The van der Waals surface area contributed by atoms with Gasteiger partial charge in [-0.15, -0.1) is 10.2 Å². The monoisotopic (exact) mass is 240 g/mol. The Bertz CT molecular complexity index is 338. The van der Waals surface area contributed by atoms with E-state index < -0.39 is 0 Å². The van der Waals surface area contributed by atoms with Crippen LogP contribution in [0.25, 0.3) is 0 Å². The standard InChI is InChI=1S/C11H20N4S/c1-9-12-13-11(16-9)15(3)8-10-6-4-5-7-14(10)2/h10H,4-8H2,1-3H3. The predicted molar refractivity (Wildman–Crippen MR) is 68.2 cm³/mol. The van der Waals surface area contributed by atoms with E-state index in [1.54, 1.807) is 11.3 Å². The van der Waals surface area contributed by atoms with Gasteiger partial charge >= 0.3 is 0 Å². The van der Waals surface area contributed by atoms with Crippen LogP contribution in [-0.2, 0) is 0 Å². The van der Waals surface area contributed by atoms with E-state index in [2.05, 4.69) is 34.1 Å². The Labute approximate surface area is 101 Å². The van der Waals surface area contributed by atoms with E-state index in [4.69, 9.17) is 0 Å². The molecule has 0 aromatic carbocycles. The van der Waals surface area contributed by atoms with E-state index in [0.717, 1.165) is 16.7 Å². The average molecular weight is 240 g/mol. The van der Waals surface area contributed by atoms with Crippen LogP contribution in [0.1, 0.15) is 24.3 Å². The third kappa shape index (κ3) is 2.71. The zero-order chi connectivity index (χ0) is 11.5. The smallest absolute Gasteiger partial charge is 0.208 e. The van der Waals surface area contributed by atoms with Crippen molar-refractivity contribution in [1.29, 1.82) is 0 Å². The first-order valence-electron chi connectivity index (χ1n) is 5.88. The lowest BCUT2D eigenvalue weighted by atomic mass is 10.0. The highest BCUT2D eigenvalue weighted by Gasteiger charge is 2.21. The Morgan fingerprint density at radius 3 is 2.88 bits per heavy atom. The summed E-state index contributed by atoms with van der Waals surface area (Å²) in [4.78, 5) is 4.70. The number of hydrogen-bond donors (Lipinski definition) is 0. The van der Waals surface area contributed by atoms with Crippen molar-refractivity contribution < 1.29 is 0 Å². The molecular formula is C11H20N4S. The van der Waals surface area contributed by atoms with Crippen LogP contribution >= 0.6 is 11.3 Å². The minimum atomic E-state index is 0.669. The van der Waals surface area contributed by atoms with Crippen molar-refractivity contribution in [1.82, 2.24) is 15.1 Å². The van der Waals surface area contributed by atoms with Gasteiger partial charge < -0.3 is 9.80 Å². The molecule has 2 heterocycles. The molecule has 16 heavy (non-hydrogen) atoms. The second-order valence-electron chi connectivity index (χ2n) is 4.61. The molecule has 1 saturated heterocycles. The Hall–Kier alpha value is -0.680. The summed E-state index contributed by atoms with van der Waals surface area (Å²) >= 11 is 1.67. The molecule has 1 aliphatic heterocycles. The van der Waals surface area contributed by atoms with Crippen LogP contribution in [0.5, 0.6) is 0 Å². The molecule has 1 aromatic heterocycles. The van der Waals surface area contributed by atoms with Crippen LogP contribution in [0.4, 0.5) is 5.13 Å². The Morgan fingerprint density at radius 2 is 2.25 bits per heavy atom. The number of piperidine rings is 1. The van der Waals surface area contributed by atoms with Gasteiger partial charge in [-0.25, -0.2) is 0 Å². The molecule has 5 heteroatoms. The third-order valence-corrected chi connectivity index (χ3v) is 4.20. The quantitative estimate of drug-likeness (QED) is 0.806. The summed E-state index contributed by atoms with van der Waals surface area (Å²) in [6.07, 6.45) is 4.01. The molecule has 0 radical (unpaired) electrons. The van der Waals surface area contributed by atoms with Gasteiger partial charge in [-0.1, -0.05) is 17.8 Å². The van der Waals surface area contributed by atoms with Crippen molar-refractivity contribution >= 4 is 16.5 Å². The zero-order valence-electron chi connectivity index (χ0n) is 10.3. The normalized spacial score (nSPS) is 22.3. The highest BCUT2D eigenvalue weighted by atomic mass is 32.1. The van der Waals surface area contributed by atoms with Crippen molar-refractivity contribution in [3.8, 4) is 0 Å². The summed E-state index contributed by atoms with van der Waals surface area (Å²) in [6, 6.07) is 0.669. The van der Waals surface area contributed by atoms with Gasteiger partial charge in [0.2, 0.25) is 5.13 Å². The molecule has 0 aliphatic carbocycles. The second-order valence-corrected chi connectivity index (χ2v) is 5.77. The van der Waals surface area contributed by atoms with Crippen LogP contribution in [0.3, 0.4) is 0 Å². The lowest BCUT2D eigenvalue weighted by Gasteiger charge is -2.34. The van der Waals surface area contributed by atoms with E-state index in [9.17, 15) is 0 Å². The molecule has 1 atom stereocenters. The molecule has 0 bridgehead atoms. The Balaban J connectivity index is 1.93. The summed E-state index contributed by atoms with van der Waals surface area (Å²) in [5, 5.41) is 10.3. The van der Waals surface area contributed by atoms with E-state index >= 15 is 0 Å². The number of likely N-dealkylation sites (tertiary alicyclic amines) is 1. The Morgan fingerprint density at radius 1 is 1.44 bits per heavy atom. The molecule has 1 unspecified atom stereocenters. The summed E-state index contributed by atoms with van der Waals surface area (Å²) < 4.78 is 0. The third-order valence-electron chi connectivity index (χ3n) is 3.25. The molecule has 0 saturated carbocycles. The number of aryl methyl sites for hydroxylation is 1. The highest BCUT2D eigenvalue weighted by Crippen LogP contribution is 2.21. The fourth-order valence-electron chi connectivity index (χ4n) is 2.21. The lowest BCUT2D eigenvalue weighted by molar-refractivity contribution is 0.189. The number of rotatable bonds is 3. The minimum Gasteiger partial charge on any atom is -0.348 e. The fourth-order valence-corrected chi connectivity index (χ4v) is 2.87. The number of nitrogens with zero attached hydrogens (tertiary/aromatic N) is 4. The van der Waals surface area contributed by atoms with Crippen molar-refractivity contribution in [2.75, 3.05) is 32.1 Å². The first-order valence-corrected chi connectivity index (χ1v) is 6.70. The van der Waals surface area contributed by atoms with Gasteiger partial charge in [0, 0.05) is 19.6 Å². The molecule has 1 fully saturated rings. The van der Waals surface area contributed by atoms with Gasteiger partial charge in [0.1, 0.15) is 5.01 Å². The summed E-state index contributed by atoms with van der Waals surface area (Å²) in [6.45, 7) is 4.29. The van der Waals surface area contributed by atoms with E-state index in [0.29, 0.717) is 6.04 Å². The summed E-state index contributed by atoms with van der Waals surface area (Å²) in [7, 11) is 4.34. The maximum atomic E-state index is 4.18. The SMILES string of the molecule is Cc1nnc(N(C)CC2CCCCN2C)s1. The first-order chi connectivity index (χ1) is 7.66. The second kappa shape index (κ2) is 5.10. The number of hydrogen-bond acceptors (Lipinski definition) is 5. The van der Waals surface area contributed by atoms with E-state index in [1.165, 1.54) is 25.8 Å². The van der Waals surface area contributed by atoms with E-state index in [1.807, 2.05) is 6.92 Å². The first kappa shape index (κ1) is 11.8. The molecular weight excluding hydrogens is 220 g/mol. The van der Waals surface area contributed by atoms with E-state index in [-0.39, 0.29) is 0 Å². The highest BCUT2D eigenvalue weighted by molar-refractivity contribution is 7.15. The van der Waals surface area contributed by atoms with Gasteiger partial charge in [-0.3, -0.25) is 0 Å². The number of likely N-dealkylation sites (N-methyl/N-ethyl adjacent to an activating group) is 2. The van der Waals surface area contributed by atoms with Gasteiger partial charge in [0.15, 0.2) is 0 Å². The topological polar surface area (TPSA) is 32.3 Å². The van der Waals surface area contributed by atoms with Crippen LogP contribution in [0, 0.1) is 6.92 Å². The Kier molecular flexibility index (Phi) is 3.76. The molecule has 1 aliphatic rings. The van der Waals surface area contributed by atoms with Gasteiger partial charge in [-0.05, 0) is 33.4 Å². The van der Waals surface area contributed by atoms with Gasteiger partial charge in [-0.2, -0.15) is 0 Å². The molecule has 4 nitrogen and oxygen atoms in total. The van der Waals surface area contributed by atoms with Crippen LogP contribution in [-0.4, -0.2) is 48.3 Å². The lowest BCUT2D eigenvalue weighted by Crippen LogP contribution is -2.43. The van der Waals surface area contributed by atoms with Gasteiger partial charge in [0.05, 0.1) is 0 Å². The molecule has 90 valence electrons. The van der Waals surface area contributed by atoms with Gasteiger partial charge in [0.25, 0.3) is 0 Å². The van der Waals surface area contributed by atoms with Crippen LogP contribution < -0.4 is 4.90 Å². The molecule has 0 spiro atoms. The van der Waals surface area contributed by atoms with Crippen LogP contribution in [0.2, 0.25) is 0 Å².